The van der Waals surface area contributed by atoms with Gasteiger partial charge in [0, 0.05) is 28.7 Å². The number of nitrogens with one attached hydrogen (secondary N) is 1. The summed E-state index contributed by atoms with van der Waals surface area (Å²) in [4.78, 5) is 27.9. The largest absolute Gasteiger partial charge is 0.354 e. The zero-order chi connectivity index (χ0) is 25.5. The van der Waals surface area contributed by atoms with Gasteiger partial charge in [0.2, 0.25) is 21.8 Å². The lowest BCUT2D eigenvalue weighted by Gasteiger charge is -2.33. The zero-order valence-corrected chi connectivity index (χ0v) is 22.2. The number of carbonyl (C=O) groups excluding carboxylic acids is 2. The molecule has 0 aliphatic rings. The number of rotatable bonds is 11. The summed E-state index contributed by atoms with van der Waals surface area (Å²) < 4.78 is 26.3. The summed E-state index contributed by atoms with van der Waals surface area (Å²) in [7, 11) is -3.79. The fourth-order valence-corrected chi connectivity index (χ4v) is 4.89. The Morgan fingerprint density at radius 3 is 2.21 bits per heavy atom. The SMILES string of the molecule is CCCNC(=O)C(CC)N(Cc1c(Cl)cccc1Cl)C(=O)CN(c1cccc(C)c1)S(C)(=O)=O. The Morgan fingerprint density at radius 1 is 1.06 bits per heavy atom. The molecule has 0 aromatic heterocycles. The van der Waals surface area contributed by atoms with Crippen LogP contribution in [0, 0.1) is 6.92 Å². The predicted molar refractivity (Wildman–Crippen MR) is 138 cm³/mol. The van der Waals surface area contributed by atoms with E-state index < -0.39 is 28.5 Å². The molecule has 1 unspecified atom stereocenters. The molecule has 34 heavy (non-hydrogen) atoms. The van der Waals surface area contributed by atoms with Crippen LogP contribution in [-0.2, 0) is 26.2 Å². The quantitative estimate of drug-likeness (QED) is 0.469. The molecular weight excluding hydrogens is 497 g/mol. The zero-order valence-electron chi connectivity index (χ0n) is 19.8. The molecule has 7 nitrogen and oxygen atoms in total. The normalized spacial score (nSPS) is 12.2. The van der Waals surface area contributed by atoms with E-state index in [4.69, 9.17) is 23.2 Å². The summed E-state index contributed by atoms with van der Waals surface area (Å²) >= 11 is 12.7. The molecule has 186 valence electrons. The first kappa shape index (κ1) is 28.0. The topological polar surface area (TPSA) is 86.8 Å². The second kappa shape index (κ2) is 12.4. The van der Waals surface area contributed by atoms with Crippen LogP contribution < -0.4 is 9.62 Å². The van der Waals surface area contributed by atoms with E-state index in [9.17, 15) is 18.0 Å². The lowest BCUT2D eigenvalue weighted by molar-refractivity contribution is -0.140. The van der Waals surface area contributed by atoms with Crippen molar-refractivity contribution < 1.29 is 18.0 Å². The third-order valence-electron chi connectivity index (χ3n) is 5.29. The molecule has 2 amide bonds. The van der Waals surface area contributed by atoms with Gasteiger partial charge in [0.25, 0.3) is 0 Å². The van der Waals surface area contributed by atoms with Crippen LogP contribution in [-0.4, -0.2) is 50.5 Å². The average Bonchev–Trinajstić information content (AvgIpc) is 2.76. The van der Waals surface area contributed by atoms with Gasteiger partial charge in [-0.2, -0.15) is 0 Å². The third kappa shape index (κ3) is 7.35. The monoisotopic (exact) mass is 527 g/mol. The molecule has 0 aliphatic heterocycles. The van der Waals surface area contributed by atoms with Crippen LogP contribution in [0.1, 0.15) is 37.8 Å². The van der Waals surface area contributed by atoms with Gasteiger partial charge in [0.15, 0.2) is 0 Å². The summed E-state index contributed by atoms with van der Waals surface area (Å²) in [5.74, 6) is -0.858. The minimum Gasteiger partial charge on any atom is -0.354 e. The first-order valence-corrected chi connectivity index (χ1v) is 13.6. The number of carbonyl (C=O) groups is 2. The van der Waals surface area contributed by atoms with Crippen molar-refractivity contribution in [3.63, 3.8) is 0 Å². The fraction of sp³-hybridized carbons (Fsp3) is 0.417. The summed E-state index contributed by atoms with van der Waals surface area (Å²) in [5, 5.41) is 3.53. The molecule has 0 heterocycles. The Labute approximate surface area is 212 Å². The molecule has 2 rings (SSSR count). The van der Waals surface area contributed by atoms with Crippen LogP contribution in [0.2, 0.25) is 10.0 Å². The van der Waals surface area contributed by atoms with Gasteiger partial charge in [-0.3, -0.25) is 13.9 Å². The van der Waals surface area contributed by atoms with Gasteiger partial charge in [0.05, 0.1) is 11.9 Å². The van der Waals surface area contributed by atoms with Crippen LogP contribution in [0.25, 0.3) is 0 Å². The minimum atomic E-state index is -3.79. The van der Waals surface area contributed by atoms with Crippen molar-refractivity contribution in [3.05, 3.63) is 63.6 Å². The highest BCUT2D eigenvalue weighted by Gasteiger charge is 2.32. The Hall–Kier alpha value is -2.29. The van der Waals surface area contributed by atoms with E-state index in [1.165, 1.54) is 4.90 Å². The molecule has 0 spiro atoms. The van der Waals surface area contributed by atoms with Gasteiger partial charge in [-0.1, -0.05) is 55.2 Å². The van der Waals surface area contributed by atoms with Crippen LogP contribution in [0.15, 0.2) is 42.5 Å². The molecule has 10 heteroatoms. The van der Waals surface area contributed by atoms with E-state index in [1.54, 1.807) is 43.3 Å². The highest BCUT2D eigenvalue weighted by molar-refractivity contribution is 7.92. The maximum Gasteiger partial charge on any atom is 0.244 e. The number of amides is 2. The summed E-state index contributed by atoms with van der Waals surface area (Å²) in [6.07, 6.45) is 2.11. The van der Waals surface area contributed by atoms with Crippen molar-refractivity contribution in [3.8, 4) is 0 Å². The highest BCUT2D eigenvalue weighted by atomic mass is 35.5. The van der Waals surface area contributed by atoms with Gasteiger partial charge in [-0.05, 0) is 49.6 Å². The van der Waals surface area contributed by atoms with Gasteiger partial charge >= 0.3 is 0 Å². The number of sulfonamides is 1. The smallest absolute Gasteiger partial charge is 0.244 e. The number of hydrogen-bond acceptors (Lipinski definition) is 4. The van der Waals surface area contributed by atoms with Gasteiger partial charge < -0.3 is 10.2 Å². The number of hydrogen-bond donors (Lipinski definition) is 1. The van der Waals surface area contributed by atoms with Crippen molar-refractivity contribution in [2.75, 3.05) is 23.7 Å². The minimum absolute atomic E-state index is 0.0409. The number of benzene rings is 2. The summed E-state index contributed by atoms with van der Waals surface area (Å²) in [6.45, 7) is 5.51. The van der Waals surface area contributed by atoms with E-state index >= 15 is 0 Å². The van der Waals surface area contributed by atoms with E-state index in [0.717, 1.165) is 22.5 Å². The highest BCUT2D eigenvalue weighted by Crippen LogP contribution is 2.27. The van der Waals surface area contributed by atoms with Crippen LogP contribution in [0.5, 0.6) is 0 Å². The third-order valence-corrected chi connectivity index (χ3v) is 7.14. The van der Waals surface area contributed by atoms with E-state index in [0.29, 0.717) is 34.3 Å². The lowest BCUT2D eigenvalue weighted by atomic mass is 10.1. The number of nitrogens with zero attached hydrogens (tertiary/aromatic N) is 2. The molecule has 2 aromatic carbocycles. The van der Waals surface area contributed by atoms with Crippen molar-refractivity contribution in [1.29, 1.82) is 0 Å². The average molecular weight is 529 g/mol. The lowest BCUT2D eigenvalue weighted by Crippen LogP contribution is -2.52. The molecule has 0 radical (unpaired) electrons. The molecule has 0 aliphatic carbocycles. The van der Waals surface area contributed by atoms with Crippen LogP contribution in [0.4, 0.5) is 5.69 Å². The van der Waals surface area contributed by atoms with Crippen molar-refractivity contribution in [2.45, 2.75) is 46.2 Å². The van der Waals surface area contributed by atoms with Crippen molar-refractivity contribution in [2.24, 2.45) is 0 Å². The van der Waals surface area contributed by atoms with Gasteiger partial charge in [-0.25, -0.2) is 8.42 Å². The molecule has 0 fully saturated rings. The Kier molecular flexibility index (Phi) is 10.2. The number of aryl methyl sites for hydroxylation is 1. The maximum absolute atomic E-state index is 13.6. The summed E-state index contributed by atoms with van der Waals surface area (Å²) in [5.41, 5.74) is 1.71. The predicted octanol–water partition coefficient (Wildman–Crippen LogP) is 4.40. The van der Waals surface area contributed by atoms with Gasteiger partial charge in [0.1, 0.15) is 12.6 Å². The first-order chi connectivity index (χ1) is 16.0. The maximum atomic E-state index is 13.6. The van der Waals surface area contributed by atoms with Crippen molar-refractivity contribution in [1.82, 2.24) is 10.2 Å². The molecule has 1 atom stereocenters. The standard InChI is InChI=1S/C24H31Cl2N3O4S/c1-5-13-27-24(31)22(6-2)28(15-19-20(25)11-8-12-21(19)26)23(30)16-29(34(4,32)33)18-10-7-9-17(3)14-18/h7-12,14,22H,5-6,13,15-16H2,1-4H3,(H,27,31). The molecule has 0 saturated carbocycles. The molecular formula is C24H31Cl2N3O4S. The van der Waals surface area contributed by atoms with E-state index in [2.05, 4.69) is 5.32 Å². The van der Waals surface area contributed by atoms with E-state index in [1.807, 2.05) is 19.9 Å². The van der Waals surface area contributed by atoms with Crippen LogP contribution in [0.3, 0.4) is 0 Å². The van der Waals surface area contributed by atoms with E-state index in [-0.39, 0.29) is 12.5 Å². The Bertz CT molecular complexity index is 1100. The molecule has 0 bridgehead atoms. The van der Waals surface area contributed by atoms with Crippen molar-refractivity contribution >= 4 is 50.7 Å². The number of anilines is 1. The molecule has 2 aromatic rings. The van der Waals surface area contributed by atoms with Gasteiger partial charge in [-0.15, -0.1) is 0 Å². The second-order valence-corrected chi connectivity index (χ2v) is 10.8. The Balaban J connectivity index is 2.48. The second-order valence-electron chi connectivity index (χ2n) is 8.05. The molecule has 1 N–H and O–H groups in total. The Morgan fingerprint density at radius 2 is 1.68 bits per heavy atom. The fourth-order valence-electron chi connectivity index (χ4n) is 3.54. The van der Waals surface area contributed by atoms with Crippen LogP contribution >= 0.6 is 23.2 Å². The molecule has 0 saturated heterocycles. The summed E-state index contributed by atoms with van der Waals surface area (Å²) in [6, 6.07) is 11.0. The first-order valence-electron chi connectivity index (χ1n) is 11.0. The number of halogens is 2.